The van der Waals surface area contributed by atoms with Gasteiger partial charge in [0.05, 0.1) is 5.75 Å². The van der Waals surface area contributed by atoms with E-state index in [2.05, 4.69) is 4.72 Å². The van der Waals surface area contributed by atoms with Crippen molar-refractivity contribution in [1.29, 1.82) is 0 Å². The third-order valence-corrected chi connectivity index (χ3v) is 4.33. The van der Waals surface area contributed by atoms with E-state index in [0.29, 0.717) is 18.8 Å². The molecule has 1 rings (SSSR count). The summed E-state index contributed by atoms with van der Waals surface area (Å²) in [5, 5.41) is 4.00. The SMILES string of the molecule is O=S(=O)(CCCCl)NCCc1ccsc1. The summed E-state index contributed by atoms with van der Waals surface area (Å²) in [6.45, 7) is 0.460. The van der Waals surface area contributed by atoms with Crippen LogP contribution in [0, 0.1) is 0 Å². The zero-order valence-corrected chi connectivity index (χ0v) is 10.7. The Balaban J connectivity index is 2.24. The lowest BCUT2D eigenvalue weighted by molar-refractivity contribution is 0.580. The van der Waals surface area contributed by atoms with E-state index < -0.39 is 10.0 Å². The van der Waals surface area contributed by atoms with Gasteiger partial charge in [-0.25, -0.2) is 13.1 Å². The second-order valence-corrected chi connectivity index (χ2v) is 6.22. The Labute approximate surface area is 99.5 Å². The number of hydrogen-bond acceptors (Lipinski definition) is 3. The van der Waals surface area contributed by atoms with Crippen LogP contribution >= 0.6 is 22.9 Å². The molecule has 1 heterocycles. The Morgan fingerprint density at radius 1 is 1.47 bits per heavy atom. The van der Waals surface area contributed by atoms with Gasteiger partial charge in [0.1, 0.15) is 0 Å². The monoisotopic (exact) mass is 267 g/mol. The van der Waals surface area contributed by atoms with Gasteiger partial charge in [0.15, 0.2) is 0 Å². The smallest absolute Gasteiger partial charge is 0.211 e. The fourth-order valence-electron chi connectivity index (χ4n) is 1.10. The summed E-state index contributed by atoms with van der Waals surface area (Å²) in [7, 11) is -3.13. The molecule has 3 nitrogen and oxygen atoms in total. The first-order valence-electron chi connectivity index (χ1n) is 4.68. The molecule has 0 atom stereocenters. The number of halogens is 1. The van der Waals surface area contributed by atoms with Gasteiger partial charge in [0.2, 0.25) is 10.0 Å². The predicted molar refractivity (Wildman–Crippen MR) is 65.1 cm³/mol. The van der Waals surface area contributed by atoms with Crippen LogP contribution in [-0.2, 0) is 16.4 Å². The highest BCUT2D eigenvalue weighted by atomic mass is 35.5. The summed E-state index contributed by atoms with van der Waals surface area (Å²) >= 11 is 7.05. The van der Waals surface area contributed by atoms with Crippen molar-refractivity contribution in [3.05, 3.63) is 22.4 Å². The van der Waals surface area contributed by atoms with Gasteiger partial charge >= 0.3 is 0 Å². The Kier molecular flexibility index (Phi) is 5.60. The first-order chi connectivity index (χ1) is 7.14. The van der Waals surface area contributed by atoms with Gasteiger partial charge in [-0.15, -0.1) is 11.6 Å². The first-order valence-corrected chi connectivity index (χ1v) is 7.81. The van der Waals surface area contributed by atoms with E-state index in [4.69, 9.17) is 11.6 Å². The van der Waals surface area contributed by atoms with Gasteiger partial charge < -0.3 is 0 Å². The van der Waals surface area contributed by atoms with Crippen LogP contribution in [0.25, 0.3) is 0 Å². The lowest BCUT2D eigenvalue weighted by atomic mass is 10.2. The van der Waals surface area contributed by atoms with E-state index in [9.17, 15) is 8.42 Å². The van der Waals surface area contributed by atoms with Gasteiger partial charge in [-0.2, -0.15) is 11.3 Å². The van der Waals surface area contributed by atoms with E-state index in [-0.39, 0.29) is 5.75 Å². The normalized spacial score (nSPS) is 11.8. The molecule has 0 spiro atoms. The van der Waals surface area contributed by atoms with Crippen LogP contribution in [0.15, 0.2) is 16.8 Å². The first kappa shape index (κ1) is 13.0. The Morgan fingerprint density at radius 3 is 2.87 bits per heavy atom. The molecule has 0 fully saturated rings. The zero-order chi connectivity index (χ0) is 11.1. The van der Waals surface area contributed by atoms with Crippen molar-refractivity contribution in [2.75, 3.05) is 18.2 Å². The summed E-state index contributed by atoms with van der Waals surface area (Å²) in [6.07, 6.45) is 1.24. The second-order valence-electron chi connectivity index (χ2n) is 3.14. The molecule has 0 saturated carbocycles. The summed E-state index contributed by atoms with van der Waals surface area (Å²) in [5.41, 5.74) is 1.17. The molecule has 0 unspecified atom stereocenters. The quantitative estimate of drug-likeness (QED) is 0.767. The van der Waals surface area contributed by atoms with Crippen molar-refractivity contribution < 1.29 is 8.42 Å². The number of sulfonamides is 1. The Hall–Kier alpha value is -0.100. The van der Waals surface area contributed by atoms with Gasteiger partial charge in [0.25, 0.3) is 0 Å². The van der Waals surface area contributed by atoms with Crippen molar-refractivity contribution in [2.45, 2.75) is 12.8 Å². The van der Waals surface area contributed by atoms with Crippen LogP contribution in [0.4, 0.5) is 0 Å². The predicted octanol–water partition coefficient (Wildman–Crippen LogP) is 1.84. The molecule has 0 radical (unpaired) electrons. The molecule has 0 aliphatic heterocycles. The van der Waals surface area contributed by atoms with E-state index in [1.54, 1.807) is 11.3 Å². The molecule has 0 saturated heterocycles. The molecule has 0 aliphatic rings. The largest absolute Gasteiger partial charge is 0.215 e. The number of rotatable bonds is 7. The number of thiophene rings is 1. The molecular formula is C9H14ClNO2S2. The average Bonchev–Trinajstić information content (AvgIpc) is 2.67. The van der Waals surface area contributed by atoms with Crippen LogP contribution in [0.1, 0.15) is 12.0 Å². The fraction of sp³-hybridized carbons (Fsp3) is 0.556. The highest BCUT2D eigenvalue weighted by molar-refractivity contribution is 7.89. The number of hydrogen-bond donors (Lipinski definition) is 1. The molecular weight excluding hydrogens is 254 g/mol. The fourth-order valence-corrected chi connectivity index (χ4v) is 3.18. The van der Waals surface area contributed by atoms with Crippen molar-refractivity contribution in [3.63, 3.8) is 0 Å². The maximum Gasteiger partial charge on any atom is 0.211 e. The maximum atomic E-state index is 11.4. The third-order valence-electron chi connectivity index (χ3n) is 1.86. The van der Waals surface area contributed by atoms with Crippen LogP contribution in [0.2, 0.25) is 0 Å². The minimum Gasteiger partial charge on any atom is -0.215 e. The van der Waals surface area contributed by atoms with E-state index >= 15 is 0 Å². The van der Waals surface area contributed by atoms with Crippen molar-refractivity contribution in [3.8, 4) is 0 Å². The van der Waals surface area contributed by atoms with Crippen LogP contribution < -0.4 is 4.72 Å². The Morgan fingerprint density at radius 2 is 2.27 bits per heavy atom. The summed E-state index contributed by atoms with van der Waals surface area (Å²) in [6, 6.07) is 2.00. The average molecular weight is 268 g/mol. The minimum atomic E-state index is -3.13. The van der Waals surface area contributed by atoms with Crippen molar-refractivity contribution >= 4 is 33.0 Å². The minimum absolute atomic E-state index is 0.111. The van der Waals surface area contributed by atoms with E-state index in [1.165, 1.54) is 5.56 Å². The topological polar surface area (TPSA) is 46.2 Å². The summed E-state index contributed by atoms with van der Waals surface area (Å²) in [4.78, 5) is 0. The molecule has 0 amide bonds. The molecule has 0 aliphatic carbocycles. The molecule has 0 aromatic carbocycles. The van der Waals surface area contributed by atoms with Crippen molar-refractivity contribution in [2.24, 2.45) is 0 Å². The standard InChI is InChI=1S/C9H14ClNO2S2/c10-4-1-7-15(12,13)11-5-2-9-3-6-14-8-9/h3,6,8,11H,1-2,4-5,7H2. The maximum absolute atomic E-state index is 11.4. The van der Waals surface area contributed by atoms with Crippen molar-refractivity contribution in [1.82, 2.24) is 4.72 Å². The summed E-state index contributed by atoms with van der Waals surface area (Å²) < 4.78 is 25.3. The summed E-state index contributed by atoms with van der Waals surface area (Å²) in [5.74, 6) is 0.492. The highest BCUT2D eigenvalue weighted by Crippen LogP contribution is 2.05. The van der Waals surface area contributed by atoms with Gasteiger partial charge in [-0.05, 0) is 35.2 Å². The van der Waals surface area contributed by atoms with Crippen LogP contribution in [0.5, 0.6) is 0 Å². The molecule has 86 valence electrons. The Bertz CT molecular complexity index is 361. The third kappa shape index (κ3) is 5.51. The molecule has 1 N–H and O–H groups in total. The van der Waals surface area contributed by atoms with E-state index in [0.717, 1.165) is 6.42 Å². The van der Waals surface area contributed by atoms with Crippen LogP contribution in [-0.4, -0.2) is 26.6 Å². The van der Waals surface area contributed by atoms with Crippen LogP contribution in [0.3, 0.4) is 0 Å². The highest BCUT2D eigenvalue weighted by Gasteiger charge is 2.08. The zero-order valence-electron chi connectivity index (χ0n) is 8.28. The van der Waals surface area contributed by atoms with Gasteiger partial charge in [0, 0.05) is 12.4 Å². The van der Waals surface area contributed by atoms with Gasteiger partial charge in [-0.3, -0.25) is 0 Å². The molecule has 1 aromatic rings. The van der Waals surface area contributed by atoms with E-state index in [1.807, 2.05) is 16.8 Å². The lowest BCUT2D eigenvalue weighted by Gasteiger charge is -2.04. The molecule has 0 bridgehead atoms. The number of alkyl halides is 1. The number of nitrogens with one attached hydrogen (secondary N) is 1. The lowest BCUT2D eigenvalue weighted by Crippen LogP contribution is -2.28. The van der Waals surface area contributed by atoms with Gasteiger partial charge in [-0.1, -0.05) is 0 Å². The molecule has 1 aromatic heterocycles. The second kappa shape index (κ2) is 6.48. The molecule has 6 heteroatoms. The molecule has 15 heavy (non-hydrogen) atoms.